The maximum Gasteiger partial charge on any atom is 0.0581 e. The Morgan fingerprint density at radius 2 is 2.18 bits per heavy atom. The zero-order valence-electron chi connectivity index (χ0n) is 7.51. The molecule has 0 radical (unpaired) electrons. The molecule has 0 amide bonds. The lowest BCUT2D eigenvalue weighted by atomic mass is 10.3. The fourth-order valence-corrected chi connectivity index (χ4v) is 0.882. The first-order chi connectivity index (χ1) is 5.22. The van der Waals surface area contributed by atoms with Crippen LogP contribution in [0, 0.1) is 0 Å². The molecule has 0 fully saturated rings. The first kappa shape index (κ1) is 10.8. The van der Waals surface area contributed by atoms with Crippen molar-refractivity contribution in [2.75, 3.05) is 33.7 Å². The maximum absolute atomic E-state index is 5.82. The Bertz CT molecular complexity index is 86.5. The third-order valence-corrected chi connectivity index (χ3v) is 1.74. The molecular weight excluding hydrogens is 140 g/mol. The van der Waals surface area contributed by atoms with Crippen molar-refractivity contribution < 1.29 is 0 Å². The number of nitrogens with two attached hydrogens (primary N) is 2. The van der Waals surface area contributed by atoms with E-state index in [2.05, 4.69) is 10.2 Å². The van der Waals surface area contributed by atoms with Gasteiger partial charge in [0.15, 0.2) is 0 Å². The second kappa shape index (κ2) is 6.54. The molecule has 0 saturated carbocycles. The SMILES string of the molecule is CNCCC(N)N(C)CCN. The molecule has 0 aromatic carbocycles. The minimum atomic E-state index is 0.131. The molecule has 4 nitrogen and oxygen atoms in total. The standard InChI is InChI=1S/C7H20N4/c1-10-5-3-7(9)11(2)6-4-8/h7,10H,3-6,8-9H2,1-2H3. The van der Waals surface area contributed by atoms with E-state index in [1.54, 1.807) is 0 Å². The van der Waals surface area contributed by atoms with E-state index in [4.69, 9.17) is 11.5 Å². The molecule has 4 heteroatoms. The van der Waals surface area contributed by atoms with Crippen molar-refractivity contribution in [3.63, 3.8) is 0 Å². The normalized spacial score (nSPS) is 13.9. The van der Waals surface area contributed by atoms with Crippen LogP contribution >= 0.6 is 0 Å². The minimum Gasteiger partial charge on any atom is -0.329 e. The lowest BCUT2D eigenvalue weighted by Crippen LogP contribution is -2.43. The highest BCUT2D eigenvalue weighted by atomic mass is 15.2. The zero-order valence-corrected chi connectivity index (χ0v) is 7.51. The van der Waals surface area contributed by atoms with E-state index in [1.807, 2.05) is 14.1 Å². The summed E-state index contributed by atoms with van der Waals surface area (Å²) in [5.74, 6) is 0. The van der Waals surface area contributed by atoms with Crippen molar-refractivity contribution in [1.29, 1.82) is 0 Å². The summed E-state index contributed by atoms with van der Waals surface area (Å²) in [5.41, 5.74) is 11.2. The first-order valence-electron chi connectivity index (χ1n) is 4.03. The number of hydrogen-bond donors (Lipinski definition) is 3. The molecular formula is C7H20N4. The van der Waals surface area contributed by atoms with E-state index in [0.29, 0.717) is 6.54 Å². The molecule has 0 aromatic rings. The van der Waals surface area contributed by atoms with Crippen LogP contribution in [-0.2, 0) is 0 Å². The van der Waals surface area contributed by atoms with Gasteiger partial charge in [-0.1, -0.05) is 0 Å². The van der Waals surface area contributed by atoms with Gasteiger partial charge in [0, 0.05) is 13.1 Å². The van der Waals surface area contributed by atoms with Crippen LogP contribution in [0.3, 0.4) is 0 Å². The van der Waals surface area contributed by atoms with Gasteiger partial charge in [-0.05, 0) is 27.1 Å². The van der Waals surface area contributed by atoms with Crippen LogP contribution in [0.2, 0.25) is 0 Å². The molecule has 0 aliphatic heterocycles. The van der Waals surface area contributed by atoms with Crippen molar-refractivity contribution in [2.24, 2.45) is 11.5 Å². The van der Waals surface area contributed by atoms with Crippen molar-refractivity contribution in [3.05, 3.63) is 0 Å². The molecule has 0 aliphatic rings. The van der Waals surface area contributed by atoms with E-state index < -0.39 is 0 Å². The zero-order chi connectivity index (χ0) is 8.69. The van der Waals surface area contributed by atoms with Gasteiger partial charge < -0.3 is 16.8 Å². The fourth-order valence-electron chi connectivity index (χ4n) is 0.882. The van der Waals surface area contributed by atoms with Crippen LogP contribution in [0.1, 0.15) is 6.42 Å². The number of hydrogen-bond acceptors (Lipinski definition) is 4. The molecule has 11 heavy (non-hydrogen) atoms. The maximum atomic E-state index is 5.82. The van der Waals surface area contributed by atoms with Gasteiger partial charge >= 0.3 is 0 Å². The quantitative estimate of drug-likeness (QED) is 0.426. The Morgan fingerprint density at radius 3 is 2.64 bits per heavy atom. The molecule has 0 heterocycles. The third kappa shape index (κ3) is 5.15. The van der Waals surface area contributed by atoms with Crippen LogP contribution in [0.4, 0.5) is 0 Å². The summed E-state index contributed by atoms with van der Waals surface area (Å²) in [6.45, 7) is 2.49. The topological polar surface area (TPSA) is 67.3 Å². The lowest BCUT2D eigenvalue weighted by molar-refractivity contribution is 0.241. The molecule has 0 saturated heterocycles. The number of likely N-dealkylation sites (N-methyl/N-ethyl adjacent to an activating group) is 1. The van der Waals surface area contributed by atoms with Crippen molar-refractivity contribution in [3.8, 4) is 0 Å². The monoisotopic (exact) mass is 160 g/mol. The van der Waals surface area contributed by atoms with Crippen LogP contribution in [0.25, 0.3) is 0 Å². The van der Waals surface area contributed by atoms with Gasteiger partial charge in [-0.2, -0.15) is 0 Å². The second-order valence-electron chi connectivity index (χ2n) is 2.73. The summed E-state index contributed by atoms with van der Waals surface area (Å²) < 4.78 is 0. The average molecular weight is 160 g/mol. The fraction of sp³-hybridized carbons (Fsp3) is 1.00. The summed E-state index contributed by atoms with van der Waals surface area (Å²) in [5, 5.41) is 3.06. The van der Waals surface area contributed by atoms with Gasteiger partial charge in [0.1, 0.15) is 0 Å². The third-order valence-electron chi connectivity index (χ3n) is 1.74. The molecule has 68 valence electrons. The smallest absolute Gasteiger partial charge is 0.0581 e. The van der Waals surface area contributed by atoms with Crippen LogP contribution in [0.5, 0.6) is 0 Å². The van der Waals surface area contributed by atoms with Crippen LogP contribution < -0.4 is 16.8 Å². The number of nitrogens with one attached hydrogen (secondary N) is 1. The van der Waals surface area contributed by atoms with Gasteiger partial charge in [-0.15, -0.1) is 0 Å². The minimum absolute atomic E-state index is 0.131. The predicted octanol–water partition coefficient (Wildman–Crippen LogP) is -1.23. The highest BCUT2D eigenvalue weighted by molar-refractivity contribution is 4.62. The van der Waals surface area contributed by atoms with Crippen LogP contribution in [0.15, 0.2) is 0 Å². The Labute approximate surface area is 68.9 Å². The lowest BCUT2D eigenvalue weighted by Gasteiger charge is -2.23. The summed E-state index contributed by atoms with van der Waals surface area (Å²) in [6.07, 6.45) is 1.10. The van der Waals surface area contributed by atoms with E-state index in [-0.39, 0.29) is 6.17 Å². The highest BCUT2D eigenvalue weighted by Gasteiger charge is 2.06. The molecule has 1 atom stereocenters. The molecule has 5 N–H and O–H groups in total. The molecule has 0 aromatic heterocycles. The van der Waals surface area contributed by atoms with Crippen molar-refractivity contribution >= 4 is 0 Å². The van der Waals surface area contributed by atoms with Crippen LogP contribution in [-0.4, -0.2) is 44.8 Å². The molecule has 0 rings (SSSR count). The van der Waals surface area contributed by atoms with E-state index in [1.165, 1.54) is 0 Å². The Kier molecular flexibility index (Phi) is 6.45. The van der Waals surface area contributed by atoms with Gasteiger partial charge in [0.2, 0.25) is 0 Å². The average Bonchev–Trinajstić information content (AvgIpc) is 2.00. The highest BCUT2D eigenvalue weighted by Crippen LogP contribution is 1.91. The summed E-state index contributed by atoms with van der Waals surface area (Å²) in [6, 6.07) is 0. The molecule has 0 bridgehead atoms. The number of nitrogens with zero attached hydrogens (tertiary/aromatic N) is 1. The second-order valence-corrected chi connectivity index (χ2v) is 2.73. The largest absolute Gasteiger partial charge is 0.329 e. The van der Waals surface area contributed by atoms with Crippen molar-refractivity contribution in [1.82, 2.24) is 10.2 Å². The summed E-state index contributed by atoms with van der Waals surface area (Å²) >= 11 is 0. The summed E-state index contributed by atoms with van der Waals surface area (Å²) in [4.78, 5) is 2.07. The predicted molar refractivity (Wildman–Crippen MR) is 48.2 cm³/mol. The summed E-state index contributed by atoms with van der Waals surface area (Å²) in [7, 11) is 3.92. The van der Waals surface area contributed by atoms with E-state index in [0.717, 1.165) is 19.5 Å². The van der Waals surface area contributed by atoms with Gasteiger partial charge in [0.05, 0.1) is 6.17 Å². The Hall–Kier alpha value is -0.160. The Balaban J connectivity index is 3.38. The molecule has 0 aliphatic carbocycles. The number of rotatable bonds is 6. The van der Waals surface area contributed by atoms with Gasteiger partial charge in [0.25, 0.3) is 0 Å². The van der Waals surface area contributed by atoms with Gasteiger partial charge in [-0.25, -0.2) is 0 Å². The van der Waals surface area contributed by atoms with Gasteiger partial charge in [-0.3, -0.25) is 4.90 Å². The Morgan fingerprint density at radius 1 is 1.55 bits per heavy atom. The van der Waals surface area contributed by atoms with Crippen molar-refractivity contribution in [2.45, 2.75) is 12.6 Å². The molecule has 0 spiro atoms. The van der Waals surface area contributed by atoms with E-state index >= 15 is 0 Å². The van der Waals surface area contributed by atoms with E-state index in [9.17, 15) is 0 Å². The molecule has 1 unspecified atom stereocenters. The first-order valence-corrected chi connectivity index (χ1v) is 4.03.